The minimum absolute atomic E-state index is 0.0929. The Morgan fingerprint density at radius 2 is 1.93 bits per heavy atom. The van der Waals surface area contributed by atoms with Crippen molar-refractivity contribution >= 4 is 39.1 Å². The molecule has 3 nitrogen and oxygen atoms in total. The summed E-state index contributed by atoms with van der Waals surface area (Å²) >= 11 is 7.57. The molecule has 0 saturated heterocycles. The molecule has 2 aromatic heterocycles. The molecule has 0 aliphatic heterocycles. The van der Waals surface area contributed by atoms with Crippen LogP contribution in [0.1, 0.15) is 21.6 Å². The van der Waals surface area contributed by atoms with Gasteiger partial charge in [-0.3, -0.25) is 4.79 Å². The van der Waals surface area contributed by atoms with E-state index in [4.69, 9.17) is 11.6 Å². The van der Waals surface area contributed by atoms with Gasteiger partial charge in [0, 0.05) is 24.7 Å². The lowest BCUT2D eigenvalue weighted by molar-refractivity contribution is 0.0753. The number of aromatic nitrogens is 1. The van der Waals surface area contributed by atoms with Crippen LogP contribution in [-0.4, -0.2) is 21.9 Å². The van der Waals surface area contributed by atoms with E-state index in [1.165, 1.54) is 12.1 Å². The van der Waals surface area contributed by atoms with Gasteiger partial charge in [0.2, 0.25) is 0 Å². The number of amides is 1. The van der Waals surface area contributed by atoms with Gasteiger partial charge in [0.25, 0.3) is 5.91 Å². The summed E-state index contributed by atoms with van der Waals surface area (Å²) in [4.78, 5) is 15.3. The average molecular weight is 439 g/mol. The van der Waals surface area contributed by atoms with Crippen molar-refractivity contribution in [3.05, 3.63) is 106 Å². The van der Waals surface area contributed by atoms with Gasteiger partial charge >= 0.3 is 0 Å². The van der Waals surface area contributed by atoms with Crippen molar-refractivity contribution in [1.82, 2.24) is 9.47 Å². The van der Waals surface area contributed by atoms with E-state index in [-0.39, 0.29) is 11.7 Å². The van der Waals surface area contributed by atoms with E-state index >= 15 is 0 Å². The first-order valence-corrected chi connectivity index (χ1v) is 10.8. The van der Waals surface area contributed by atoms with E-state index in [0.717, 1.165) is 21.3 Å². The van der Waals surface area contributed by atoms with Gasteiger partial charge in [-0.05, 0) is 52.9 Å². The van der Waals surface area contributed by atoms with Gasteiger partial charge in [0.05, 0.1) is 10.2 Å². The Bertz CT molecular complexity index is 1200. The minimum atomic E-state index is -0.287. The number of hydrogen-bond acceptors (Lipinski definition) is 2. The van der Waals surface area contributed by atoms with Gasteiger partial charge in [0.1, 0.15) is 11.5 Å². The highest BCUT2D eigenvalue weighted by Crippen LogP contribution is 2.27. The van der Waals surface area contributed by atoms with E-state index in [1.807, 2.05) is 52.4 Å². The molecule has 2 aromatic carbocycles. The first kappa shape index (κ1) is 20.4. The highest BCUT2D eigenvalue weighted by molar-refractivity contribution is 7.17. The van der Waals surface area contributed by atoms with Crippen LogP contribution in [-0.2, 0) is 13.1 Å². The fourth-order valence-electron chi connectivity index (χ4n) is 3.49. The molecule has 0 aliphatic carbocycles. The molecule has 1 amide bonds. The van der Waals surface area contributed by atoms with Crippen molar-refractivity contribution in [2.75, 3.05) is 6.54 Å². The molecule has 2 heterocycles. The lowest BCUT2D eigenvalue weighted by atomic mass is 10.2. The van der Waals surface area contributed by atoms with Crippen LogP contribution in [0.5, 0.6) is 0 Å². The summed E-state index contributed by atoms with van der Waals surface area (Å²) in [6, 6.07) is 17.8. The predicted molar refractivity (Wildman–Crippen MR) is 122 cm³/mol. The van der Waals surface area contributed by atoms with E-state index in [2.05, 4.69) is 6.58 Å². The number of carbonyl (C=O) groups is 1. The van der Waals surface area contributed by atoms with Crippen LogP contribution in [0, 0.1) is 5.82 Å². The van der Waals surface area contributed by atoms with Crippen LogP contribution in [0.3, 0.4) is 0 Å². The zero-order valence-electron chi connectivity index (χ0n) is 16.2. The van der Waals surface area contributed by atoms with Crippen molar-refractivity contribution in [2.24, 2.45) is 0 Å². The van der Waals surface area contributed by atoms with E-state index < -0.39 is 0 Å². The summed E-state index contributed by atoms with van der Waals surface area (Å²) in [5.74, 6) is -0.380. The van der Waals surface area contributed by atoms with E-state index in [0.29, 0.717) is 30.4 Å². The third kappa shape index (κ3) is 4.32. The molecule has 0 atom stereocenters. The summed E-state index contributed by atoms with van der Waals surface area (Å²) in [6.07, 6.45) is 1.72. The second-order valence-corrected chi connectivity index (χ2v) is 8.40. The SMILES string of the molecule is C=CCN(Cc1ccc(Cl)cc1)C(=O)c1cc2sccc2n1Cc1cccc(F)c1. The summed E-state index contributed by atoms with van der Waals surface area (Å²) in [5.41, 5.74) is 3.34. The summed E-state index contributed by atoms with van der Waals surface area (Å²) in [5, 5.41) is 2.65. The van der Waals surface area contributed by atoms with Crippen molar-refractivity contribution in [2.45, 2.75) is 13.1 Å². The van der Waals surface area contributed by atoms with Gasteiger partial charge in [-0.2, -0.15) is 0 Å². The summed E-state index contributed by atoms with van der Waals surface area (Å²) < 4.78 is 16.7. The van der Waals surface area contributed by atoms with Gasteiger partial charge < -0.3 is 9.47 Å². The Morgan fingerprint density at radius 3 is 2.67 bits per heavy atom. The van der Waals surface area contributed by atoms with Gasteiger partial charge in [-0.15, -0.1) is 17.9 Å². The van der Waals surface area contributed by atoms with Gasteiger partial charge in [-0.25, -0.2) is 4.39 Å². The lowest BCUT2D eigenvalue weighted by Gasteiger charge is -2.22. The van der Waals surface area contributed by atoms with E-state index in [9.17, 15) is 9.18 Å². The predicted octanol–water partition coefficient (Wildman–Crippen LogP) is 6.37. The highest BCUT2D eigenvalue weighted by Gasteiger charge is 2.22. The molecular formula is C24H20ClFN2OS. The van der Waals surface area contributed by atoms with Gasteiger partial charge in [-0.1, -0.05) is 41.9 Å². The molecule has 0 fully saturated rings. The van der Waals surface area contributed by atoms with Gasteiger partial charge in [0.15, 0.2) is 0 Å². The van der Waals surface area contributed by atoms with Crippen molar-refractivity contribution in [1.29, 1.82) is 0 Å². The third-order valence-corrected chi connectivity index (χ3v) is 6.00. The smallest absolute Gasteiger partial charge is 0.271 e. The number of carbonyl (C=O) groups excluding carboxylic acids is 1. The number of benzene rings is 2. The number of rotatable bonds is 7. The topological polar surface area (TPSA) is 25.2 Å². The molecule has 0 spiro atoms. The normalized spacial score (nSPS) is 11.0. The standard InChI is InChI=1S/C24H20ClFN2OS/c1-2-11-27(15-17-6-8-19(25)9-7-17)24(29)22-14-23-21(10-12-30-23)28(22)16-18-4-3-5-20(26)13-18/h2-10,12-14H,1,11,15-16H2. The molecule has 4 aromatic rings. The average Bonchev–Trinajstić information content (AvgIpc) is 3.31. The minimum Gasteiger partial charge on any atom is -0.331 e. The molecule has 0 bridgehead atoms. The van der Waals surface area contributed by atoms with Crippen LogP contribution in [0.25, 0.3) is 10.2 Å². The van der Waals surface area contributed by atoms with Crippen LogP contribution in [0.15, 0.2) is 78.7 Å². The molecular weight excluding hydrogens is 419 g/mol. The lowest BCUT2D eigenvalue weighted by Crippen LogP contribution is -2.32. The van der Waals surface area contributed by atoms with Crippen LogP contribution in [0.4, 0.5) is 4.39 Å². The molecule has 0 aliphatic rings. The van der Waals surface area contributed by atoms with Crippen LogP contribution in [0.2, 0.25) is 5.02 Å². The molecule has 0 unspecified atom stereocenters. The highest BCUT2D eigenvalue weighted by atomic mass is 35.5. The quantitative estimate of drug-likeness (QED) is 0.308. The number of thiophene rings is 1. The maximum absolute atomic E-state index is 13.7. The molecule has 152 valence electrons. The third-order valence-electron chi connectivity index (χ3n) is 4.90. The van der Waals surface area contributed by atoms with Crippen LogP contribution >= 0.6 is 22.9 Å². The van der Waals surface area contributed by atoms with Crippen molar-refractivity contribution in [3.8, 4) is 0 Å². The van der Waals surface area contributed by atoms with Crippen molar-refractivity contribution in [3.63, 3.8) is 0 Å². The fourth-order valence-corrected chi connectivity index (χ4v) is 4.44. The largest absolute Gasteiger partial charge is 0.331 e. The maximum atomic E-state index is 13.7. The van der Waals surface area contributed by atoms with Crippen LogP contribution < -0.4 is 0 Å². The second-order valence-electron chi connectivity index (χ2n) is 7.02. The zero-order valence-corrected chi connectivity index (χ0v) is 17.8. The summed E-state index contributed by atoms with van der Waals surface area (Å²) in [7, 11) is 0. The number of halogens is 2. The molecule has 6 heteroatoms. The first-order valence-electron chi connectivity index (χ1n) is 9.51. The monoisotopic (exact) mass is 438 g/mol. The Morgan fingerprint density at radius 1 is 1.13 bits per heavy atom. The number of fused-ring (bicyclic) bond motifs is 1. The Labute approximate surface area is 183 Å². The molecule has 0 radical (unpaired) electrons. The Hall–Kier alpha value is -2.89. The Kier molecular flexibility index (Phi) is 6.02. The number of hydrogen-bond donors (Lipinski definition) is 0. The zero-order chi connectivity index (χ0) is 21.1. The number of nitrogens with zero attached hydrogens (tertiary/aromatic N) is 2. The molecule has 0 N–H and O–H groups in total. The Balaban J connectivity index is 1.69. The summed E-state index contributed by atoms with van der Waals surface area (Å²) in [6.45, 7) is 5.08. The fraction of sp³-hybridized carbons (Fsp3) is 0.125. The van der Waals surface area contributed by atoms with Crippen molar-refractivity contribution < 1.29 is 9.18 Å². The second kappa shape index (κ2) is 8.86. The maximum Gasteiger partial charge on any atom is 0.271 e. The first-order chi connectivity index (χ1) is 14.5. The molecule has 4 rings (SSSR count). The van der Waals surface area contributed by atoms with E-state index in [1.54, 1.807) is 28.4 Å². The molecule has 30 heavy (non-hydrogen) atoms. The molecule has 0 saturated carbocycles.